The molecule has 1 aliphatic carbocycles. The molecular weight excluding hydrogens is 306 g/mol. The highest BCUT2D eigenvalue weighted by atomic mass is 32.2. The highest BCUT2D eigenvalue weighted by Gasteiger charge is 2.28. The maximum absolute atomic E-state index is 12.8. The molecule has 0 atom stereocenters. The van der Waals surface area contributed by atoms with Gasteiger partial charge in [0.15, 0.2) is 9.84 Å². The van der Waals surface area contributed by atoms with Crippen molar-refractivity contribution in [3.63, 3.8) is 0 Å². The fraction of sp³-hybridized carbons (Fsp3) is 0.211. The second kappa shape index (κ2) is 5.46. The molecule has 0 unspecified atom stereocenters. The van der Waals surface area contributed by atoms with Gasteiger partial charge in [0.1, 0.15) is 0 Å². The van der Waals surface area contributed by atoms with E-state index in [4.69, 9.17) is 0 Å². The van der Waals surface area contributed by atoms with Gasteiger partial charge < -0.3 is 0 Å². The minimum Gasteiger partial charge on any atom is -0.260 e. The van der Waals surface area contributed by atoms with Gasteiger partial charge in [0, 0.05) is 6.20 Å². The van der Waals surface area contributed by atoms with Crippen LogP contribution >= 0.6 is 0 Å². The summed E-state index contributed by atoms with van der Waals surface area (Å²) in [6.07, 6.45) is 3.94. The summed E-state index contributed by atoms with van der Waals surface area (Å²) < 4.78 is 25.6. The Bertz CT molecular complexity index is 975. The van der Waals surface area contributed by atoms with Crippen molar-refractivity contribution in [2.24, 2.45) is 0 Å². The molecule has 1 fully saturated rings. The Morgan fingerprint density at radius 1 is 0.957 bits per heavy atom. The quantitative estimate of drug-likeness (QED) is 0.726. The molecule has 3 aromatic rings. The van der Waals surface area contributed by atoms with Gasteiger partial charge >= 0.3 is 0 Å². The number of aromatic nitrogens is 1. The molecule has 2 aromatic carbocycles. The zero-order valence-corrected chi connectivity index (χ0v) is 13.5. The van der Waals surface area contributed by atoms with Gasteiger partial charge in [0.2, 0.25) is 0 Å². The van der Waals surface area contributed by atoms with E-state index in [1.54, 1.807) is 18.3 Å². The van der Waals surface area contributed by atoms with Gasteiger partial charge in [-0.05, 0) is 53.3 Å². The Kier molecular flexibility index (Phi) is 3.42. The molecule has 0 bridgehead atoms. The number of sulfone groups is 1. The van der Waals surface area contributed by atoms with Crippen molar-refractivity contribution in [3.05, 3.63) is 72.1 Å². The third-order valence-corrected chi connectivity index (χ3v) is 5.98. The minimum absolute atomic E-state index is 0.0297. The molecular formula is C19H17NO2S. The number of benzene rings is 2. The fourth-order valence-electron chi connectivity index (χ4n) is 2.96. The zero-order chi connectivity index (χ0) is 15.9. The third-order valence-electron chi connectivity index (χ3n) is 4.35. The van der Waals surface area contributed by atoms with Crippen molar-refractivity contribution in [2.45, 2.75) is 29.4 Å². The smallest absolute Gasteiger partial charge is 0.184 e. The Labute approximate surface area is 135 Å². The zero-order valence-electron chi connectivity index (χ0n) is 12.6. The molecule has 1 heterocycles. The van der Waals surface area contributed by atoms with Gasteiger partial charge in [0.05, 0.1) is 16.3 Å². The van der Waals surface area contributed by atoms with E-state index in [0.29, 0.717) is 16.5 Å². The first-order chi connectivity index (χ1) is 11.1. The van der Waals surface area contributed by atoms with Crippen LogP contribution in [0.4, 0.5) is 0 Å². The van der Waals surface area contributed by atoms with Crippen molar-refractivity contribution in [1.82, 2.24) is 4.98 Å². The van der Waals surface area contributed by atoms with Crippen LogP contribution in [-0.4, -0.2) is 13.4 Å². The molecule has 3 nitrogen and oxygen atoms in total. The number of hydrogen-bond acceptors (Lipinski definition) is 3. The molecule has 0 aliphatic heterocycles. The van der Waals surface area contributed by atoms with Gasteiger partial charge in [-0.3, -0.25) is 4.98 Å². The first-order valence-electron chi connectivity index (χ1n) is 7.79. The monoisotopic (exact) mass is 323 g/mol. The van der Waals surface area contributed by atoms with Crippen LogP contribution < -0.4 is 0 Å². The van der Waals surface area contributed by atoms with Crippen molar-refractivity contribution in [1.29, 1.82) is 0 Å². The minimum atomic E-state index is -3.40. The lowest BCUT2D eigenvalue weighted by molar-refractivity contribution is 0.594. The Morgan fingerprint density at radius 2 is 1.74 bits per heavy atom. The van der Waals surface area contributed by atoms with Crippen molar-refractivity contribution in [3.8, 4) is 0 Å². The van der Waals surface area contributed by atoms with Crippen LogP contribution in [0.2, 0.25) is 0 Å². The standard InChI is InChI=1S/C19H17NO2S/c21-23(22,13-19-18(15-7-8-15)6-3-11-20-19)17-10-9-14-4-1-2-5-16(14)12-17/h1-6,9-12,15H,7-8,13H2. The summed E-state index contributed by atoms with van der Waals surface area (Å²) in [7, 11) is -3.40. The predicted molar refractivity (Wildman–Crippen MR) is 91.0 cm³/mol. The second-order valence-electron chi connectivity index (χ2n) is 6.08. The molecule has 1 aromatic heterocycles. The molecule has 4 rings (SSSR count). The maximum atomic E-state index is 12.8. The molecule has 1 aliphatic rings. The van der Waals surface area contributed by atoms with E-state index < -0.39 is 9.84 Å². The van der Waals surface area contributed by atoms with E-state index in [1.807, 2.05) is 42.5 Å². The molecule has 0 N–H and O–H groups in total. The number of nitrogens with zero attached hydrogens (tertiary/aromatic N) is 1. The molecule has 23 heavy (non-hydrogen) atoms. The van der Waals surface area contributed by atoms with Gasteiger partial charge in [-0.25, -0.2) is 8.42 Å². The van der Waals surface area contributed by atoms with Gasteiger partial charge in [-0.1, -0.05) is 36.4 Å². The molecule has 4 heteroatoms. The van der Waals surface area contributed by atoms with Crippen LogP contribution in [-0.2, 0) is 15.6 Å². The van der Waals surface area contributed by atoms with E-state index in [2.05, 4.69) is 4.98 Å². The van der Waals surface area contributed by atoms with E-state index in [9.17, 15) is 8.42 Å². The fourth-order valence-corrected chi connectivity index (χ4v) is 4.31. The Hall–Kier alpha value is -2.20. The SMILES string of the molecule is O=S(=O)(Cc1ncccc1C1CC1)c1ccc2ccccc2c1. The summed E-state index contributed by atoms with van der Waals surface area (Å²) in [5.41, 5.74) is 1.79. The van der Waals surface area contributed by atoms with Crippen LogP contribution in [0.15, 0.2) is 65.7 Å². The molecule has 116 valence electrons. The van der Waals surface area contributed by atoms with E-state index in [-0.39, 0.29) is 5.75 Å². The number of fused-ring (bicyclic) bond motifs is 1. The van der Waals surface area contributed by atoms with Gasteiger partial charge in [-0.2, -0.15) is 0 Å². The lowest BCUT2D eigenvalue weighted by atomic mass is 10.1. The second-order valence-corrected chi connectivity index (χ2v) is 8.07. The highest BCUT2D eigenvalue weighted by molar-refractivity contribution is 7.90. The highest BCUT2D eigenvalue weighted by Crippen LogP contribution is 2.41. The summed E-state index contributed by atoms with van der Waals surface area (Å²) in [5, 5.41) is 1.99. The van der Waals surface area contributed by atoms with Crippen molar-refractivity contribution < 1.29 is 8.42 Å². The first kappa shape index (κ1) is 14.4. The Morgan fingerprint density at radius 3 is 2.52 bits per heavy atom. The summed E-state index contributed by atoms with van der Waals surface area (Å²) in [6.45, 7) is 0. The van der Waals surface area contributed by atoms with E-state index in [1.165, 1.54) is 0 Å². The van der Waals surface area contributed by atoms with E-state index >= 15 is 0 Å². The van der Waals surface area contributed by atoms with Crippen molar-refractivity contribution in [2.75, 3.05) is 0 Å². The summed E-state index contributed by atoms with van der Waals surface area (Å²) >= 11 is 0. The van der Waals surface area contributed by atoms with Crippen LogP contribution in [0.5, 0.6) is 0 Å². The number of pyridine rings is 1. The third kappa shape index (κ3) is 2.86. The van der Waals surface area contributed by atoms with Crippen LogP contribution in [0.1, 0.15) is 30.0 Å². The average molecular weight is 323 g/mol. The van der Waals surface area contributed by atoms with Gasteiger partial charge in [0.25, 0.3) is 0 Å². The Balaban J connectivity index is 1.72. The lowest BCUT2D eigenvalue weighted by Gasteiger charge is -2.09. The predicted octanol–water partition coefficient (Wildman–Crippen LogP) is 4.09. The molecule has 0 spiro atoms. The number of rotatable bonds is 4. The molecule has 0 amide bonds. The number of hydrogen-bond donors (Lipinski definition) is 0. The largest absolute Gasteiger partial charge is 0.260 e. The van der Waals surface area contributed by atoms with Gasteiger partial charge in [-0.15, -0.1) is 0 Å². The van der Waals surface area contributed by atoms with E-state index in [0.717, 1.165) is 29.2 Å². The van der Waals surface area contributed by atoms with Crippen molar-refractivity contribution >= 4 is 20.6 Å². The summed E-state index contributed by atoms with van der Waals surface area (Å²) in [5.74, 6) is 0.461. The lowest BCUT2D eigenvalue weighted by Crippen LogP contribution is -2.08. The molecule has 0 radical (unpaired) electrons. The first-order valence-corrected chi connectivity index (χ1v) is 9.44. The summed E-state index contributed by atoms with van der Waals surface area (Å²) in [4.78, 5) is 4.70. The molecule has 0 saturated heterocycles. The normalized spacial score (nSPS) is 15.0. The van der Waals surface area contributed by atoms with Crippen LogP contribution in [0.3, 0.4) is 0 Å². The maximum Gasteiger partial charge on any atom is 0.184 e. The topological polar surface area (TPSA) is 47.0 Å². The van der Waals surface area contributed by atoms with Crippen LogP contribution in [0, 0.1) is 0 Å². The van der Waals surface area contributed by atoms with Crippen LogP contribution in [0.25, 0.3) is 10.8 Å². The average Bonchev–Trinajstić information content (AvgIpc) is 3.39. The molecule has 1 saturated carbocycles. The summed E-state index contributed by atoms with van der Waals surface area (Å²) in [6, 6.07) is 17.0.